The Kier molecular flexibility index (Phi) is 3.82. The van der Waals surface area contributed by atoms with Crippen LogP contribution in [0, 0.1) is 6.92 Å². The summed E-state index contributed by atoms with van der Waals surface area (Å²) in [5.74, 6) is 5.25. The van der Waals surface area contributed by atoms with Gasteiger partial charge in [0.1, 0.15) is 29.0 Å². The number of aryl methyl sites for hydroxylation is 1. The molecule has 0 bridgehead atoms. The van der Waals surface area contributed by atoms with Crippen molar-refractivity contribution in [2.24, 2.45) is 0 Å². The van der Waals surface area contributed by atoms with Crippen molar-refractivity contribution >= 4 is 11.6 Å². The number of nitrogens with zero attached hydrogens (tertiary/aromatic N) is 3. The van der Waals surface area contributed by atoms with Crippen molar-refractivity contribution in [2.45, 2.75) is 39.2 Å². The molecule has 2 heterocycles. The number of rotatable bonds is 6. The molecule has 0 amide bonds. The largest absolute Gasteiger partial charge is 0.464 e. The molecule has 2 aromatic heterocycles. The molecule has 0 radical (unpaired) electrons. The second-order valence-corrected chi connectivity index (χ2v) is 5.64. The van der Waals surface area contributed by atoms with Gasteiger partial charge in [-0.15, -0.1) is 0 Å². The first-order chi connectivity index (χ1) is 10.2. The van der Waals surface area contributed by atoms with Gasteiger partial charge in [-0.2, -0.15) is 0 Å². The molecule has 0 spiro atoms. The first-order valence-electron chi connectivity index (χ1n) is 7.55. The van der Waals surface area contributed by atoms with Gasteiger partial charge in [0.05, 0.1) is 6.54 Å². The fraction of sp³-hybridized carbons (Fsp3) is 0.500. The third-order valence-electron chi connectivity index (χ3n) is 3.61. The van der Waals surface area contributed by atoms with Crippen LogP contribution in [0.4, 0.5) is 11.6 Å². The predicted molar refractivity (Wildman–Crippen MR) is 83.7 cm³/mol. The summed E-state index contributed by atoms with van der Waals surface area (Å²) >= 11 is 0. The molecule has 0 saturated heterocycles. The lowest BCUT2D eigenvalue weighted by Crippen LogP contribution is -2.19. The lowest BCUT2D eigenvalue weighted by molar-refractivity contribution is 0.481. The Morgan fingerprint density at radius 3 is 2.76 bits per heavy atom. The Balaban J connectivity index is 1.81. The van der Waals surface area contributed by atoms with Crippen LogP contribution in [0.25, 0.3) is 0 Å². The van der Waals surface area contributed by atoms with Crippen molar-refractivity contribution in [1.82, 2.24) is 9.97 Å². The molecule has 3 rings (SSSR count). The monoisotopic (exact) mass is 286 g/mol. The number of anilines is 2. The highest BCUT2D eigenvalue weighted by molar-refractivity contribution is 5.49. The summed E-state index contributed by atoms with van der Waals surface area (Å²) in [7, 11) is 2.03. The minimum absolute atomic E-state index is 0.543. The van der Waals surface area contributed by atoms with Crippen LogP contribution in [0.2, 0.25) is 0 Å². The first kappa shape index (κ1) is 13.9. The Hall–Kier alpha value is -2.04. The maximum absolute atomic E-state index is 5.64. The molecule has 0 atom stereocenters. The van der Waals surface area contributed by atoms with Crippen molar-refractivity contribution in [3.8, 4) is 0 Å². The van der Waals surface area contributed by atoms with Gasteiger partial charge in [-0.25, -0.2) is 9.97 Å². The molecule has 112 valence electrons. The van der Waals surface area contributed by atoms with Gasteiger partial charge in [0.15, 0.2) is 0 Å². The molecule has 2 aromatic rings. The van der Waals surface area contributed by atoms with Crippen LogP contribution in [0.3, 0.4) is 0 Å². The standard InChI is InChI=1S/C16H22N4O/c1-4-17-14-9-15(19-16(18-14)12-6-7-12)20(3)10-13-8-5-11(2)21-13/h5,8-9,12H,4,6-7,10H2,1-3H3,(H,17,18,19). The van der Waals surface area contributed by atoms with Crippen LogP contribution >= 0.6 is 0 Å². The van der Waals surface area contributed by atoms with Gasteiger partial charge < -0.3 is 14.6 Å². The Morgan fingerprint density at radius 2 is 2.14 bits per heavy atom. The molecule has 5 heteroatoms. The maximum atomic E-state index is 5.64. The van der Waals surface area contributed by atoms with E-state index in [1.165, 1.54) is 12.8 Å². The van der Waals surface area contributed by atoms with Crippen molar-refractivity contribution in [2.75, 3.05) is 23.8 Å². The summed E-state index contributed by atoms with van der Waals surface area (Å²) < 4.78 is 5.64. The van der Waals surface area contributed by atoms with E-state index in [0.29, 0.717) is 12.5 Å². The van der Waals surface area contributed by atoms with E-state index in [2.05, 4.69) is 22.1 Å². The van der Waals surface area contributed by atoms with Crippen LogP contribution in [-0.4, -0.2) is 23.6 Å². The predicted octanol–water partition coefficient (Wildman–Crippen LogP) is 3.32. The van der Waals surface area contributed by atoms with Crippen LogP contribution < -0.4 is 10.2 Å². The highest BCUT2D eigenvalue weighted by atomic mass is 16.3. The van der Waals surface area contributed by atoms with Gasteiger partial charge in [-0.1, -0.05) is 0 Å². The molecule has 0 aliphatic heterocycles. The summed E-state index contributed by atoms with van der Waals surface area (Å²) in [6.07, 6.45) is 2.41. The second kappa shape index (κ2) is 5.76. The van der Waals surface area contributed by atoms with Gasteiger partial charge in [0.2, 0.25) is 0 Å². The maximum Gasteiger partial charge on any atom is 0.136 e. The van der Waals surface area contributed by atoms with Crippen LogP contribution in [0.5, 0.6) is 0 Å². The highest BCUT2D eigenvalue weighted by Crippen LogP contribution is 2.39. The van der Waals surface area contributed by atoms with E-state index < -0.39 is 0 Å². The zero-order valence-electron chi connectivity index (χ0n) is 12.9. The molecule has 1 N–H and O–H groups in total. The number of aromatic nitrogens is 2. The molecule has 21 heavy (non-hydrogen) atoms. The van der Waals surface area contributed by atoms with Gasteiger partial charge in [-0.05, 0) is 38.8 Å². The molecular weight excluding hydrogens is 264 g/mol. The van der Waals surface area contributed by atoms with Crippen LogP contribution in [0.15, 0.2) is 22.6 Å². The fourth-order valence-electron chi connectivity index (χ4n) is 2.33. The van der Waals surface area contributed by atoms with Gasteiger partial charge in [0, 0.05) is 25.6 Å². The third kappa shape index (κ3) is 3.35. The molecule has 1 saturated carbocycles. The zero-order valence-corrected chi connectivity index (χ0v) is 12.9. The van der Waals surface area contributed by atoms with Gasteiger partial charge in [-0.3, -0.25) is 0 Å². The van der Waals surface area contributed by atoms with E-state index in [1.54, 1.807) is 0 Å². The van der Waals surface area contributed by atoms with E-state index in [1.807, 2.05) is 32.2 Å². The van der Waals surface area contributed by atoms with Crippen LogP contribution in [0.1, 0.15) is 43.0 Å². The zero-order chi connectivity index (χ0) is 14.8. The molecule has 5 nitrogen and oxygen atoms in total. The Labute approximate surface area is 125 Å². The lowest BCUT2D eigenvalue weighted by atomic mass is 10.3. The number of nitrogens with one attached hydrogen (secondary N) is 1. The van der Waals surface area contributed by atoms with E-state index in [-0.39, 0.29) is 0 Å². The Bertz CT molecular complexity index is 618. The molecule has 0 unspecified atom stereocenters. The van der Waals surface area contributed by atoms with Crippen molar-refractivity contribution in [3.63, 3.8) is 0 Å². The van der Waals surface area contributed by atoms with E-state index >= 15 is 0 Å². The minimum Gasteiger partial charge on any atom is -0.464 e. The molecular formula is C16H22N4O. The number of hydrogen-bond donors (Lipinski definition) is 1. The second-order valence-electron chi connectivity index (χ2n) is 5.64. The van der Waals surface area contributed by atoms with E-state index in [4.69, 9.17) is 9.40 Å². The summed E-state index contributed by atoms with van der Waals surface area (Å²) in [4.78, 5) is 11.4. The van der Waals surface area contributed by atoms with Crippen LogP contribution in [-0.2, 0) is 6.54 Å². The van der Waals surface area contributed by atoms with E-state index in [0.717, 1.165) is 35.5 Å². The molecule has 0 aromatic carbocycles. The first-order valence-corrected chi connectivity index (χ1v) is 7.55. The van der Waals surface area contributed by atoms with Crippen molar-refractivity contribution < 1.29 is 4.42 Å². The van der Waals surface area contributed by atoms with Gasteiger partial charge in [0.25, 0.3) is 0 Å². The Morgan fingerprint density at radius 1 is 1.33 bits per heavy atom. The smallest absolute Gasteiger partial charge is 0.136 e. The van der Waals surface area contributed by atoms with Crippen molar-refractivity contribution in [3.05, 3.63) is 35.5 Å². The lowest BCUT2D eigenvalue weighted by Gasteiger charge is -2.18. The molecule has 1 aliphatic carbocycles. The fourth-order valence-corrected chi connectivity index (χ4v) is 2.33. The average molecular weight is 286 g/mol. The van der Waals surface area contributed by atoms with Gasteiger partial charge >= 0.3 is 0 Å². The van der Waals surface area contributed by atoms with Crippen molar-refractivity contribution in [1.29, 1.82) is 0 Å². The van der Waals surface area contributed by atoms with E-state index in [9.17, 15) is 0 Å². The molecule has 1 aliphatic rings. The number of furan rings is 1. The SMILES string of the molecule is CCNc1cc(N(C)Cc2ccc(C)o2)nc(C2CC2)n1. The summed E-state index contributed by atoms with van der Waals surface area (Å²) in [6.45, 7) is 5.61. The third-order valence-corrected chi connectivity index (χ3v) is 3.61. The minimum atomic E-state index is 0.543. The summed E-state index contributed by atoms with van der Waals surface area (Å²) in [5, 5.41) is 3.29. The summed E-state index contributed by atoms with van der Waals surface area (Å²) in [5.41, 5.74) is 0. The number of hydrogen-bond acceptors (Lipinski definition) is 5. The highest BCUT2D eigenvalue weighted by Gasteiger charge is 2.27. The summed E-state index contributed by atoms with van der Waals surface area (Å²) in [6, 6.07) is 6.01. The topological polar surface area (TPSA) is 54.2 Å². The molecule has 1 fully saturated rings. The quantitative estimate of drug-likeness (QED) is 0.882. The normalized spacial score (nSPS) is 14.2. The average Bonchev–Trinajstić information content (AvgIpc) is 3.23.